The van der Waals surface area contributed by atoms with Crippen molar-refractivity contribution in [2.75, 3.05) is 0 Å². The summed E-state index contributed by atoms with van der Waals surface area (Å²) >= 11 is 0. The molecule has 0 aliphatic heterocycles. The van der Waals surface area contributed by atoms with Crippen molar-refractivity contribution in [3.05, 3.63) is 0 Å². The number of esters is 1. The minimum absolute atomic E-state index is 0.306. The van der Waals surface area contributed by atoms with Gasteiger partial charge in [0.1, 0.15) is 6.11 Å². The fraction of sp³-hybridized carbons (Fsp3) is 0.571. The van der Waals surface area contributed by atoms with Crippen molar-refractivity contribution in [2.24, 2.45) is 0 Å². The number of terminal acetylenes is 1. The topological polar surface area (TPSA) is 26.3 Å². The summed E-state index contributed by atoms with van der Waals surface area (Å²) < 4.78 is 4.23. The molecule has 0 atom stereocenters. The van der Waals surface area contributed by atoms with Crippen LogP contribution in [0.5, 0.6) is 0 Å². The molecule has 0 heterocycles. The van der Waals surface area contributed by atoms with Gasteiger partial charge in [0.15, 0.2) is 0 Å². The highest BCUT2D eigenvalue weighted by Crippen LogP contribution is 1.94. The summed E-state index contributed by atoms with van der Waals surface area (Å²) in [6, 6.07) is 0. The normalized spacial score (nSPS) is 8.00. The van der Waals surface area contributed by atoms with Gasteiger partial charge in [-0.25, -0.2) is 0 Å². The smallest absolute Gasteiger partial charge is 0.319 e. The third kappa shape index (κ3) is 4.89. The highest BCUT2D eigenvalue weighted by atomic mass is 16.5. The van der Waals surface area contributed by atoms with Gasteiger partial charge in [-0.1, -0.05) is 19.8 Å². The molecule has 0 unspecified atom stereocenters. The highest BCUT2D eigenvalue weighted by molar-refractivity contribution is 5.70. The zero-order valence-electron chi connectivity index (χ0n) is 5.52. The summed E-state index contributed by atoms with van der Waals surface area (Å²) in [4.78, 5) is 10.4. The highest BCUT2D eigenvalue weighted by Gasteiger charge is 1.97. The van der Waals surface area contributed by atoms with E-state index in [1.807, 2.05) is 13.0 Å². The van der Waals surface area contributed by atoms with E-state index in [0.29, 0.717) is 6.42 Å². The number of carbonyl (C=O) groups is 1. The first kappa shape index (κ1) is 8.03. The lowest BCUT2D eigenvalue weighted by Crippen LogP contribution is -1.97. The molecule has 0 aromatic carbocycles. The minimum atomic E-state index is -0.306. The number of unbranched alkanes of at least 4 members (excludes halogenated alkanes) is 1. The molecule has 50 valence electrons. The van der Waals surface area contributed by atoms with E-state index in [1.54, 1.807) is 0 Å². The predicted octanol–water partition coefficient (Wildman–Crippen LogP) is 1.31. The van der Waals surface area contributed by atoms with Crippen molar-refractivity contribution in [1.82, 2.24) is 0 Å². The van der Waals surface area contributed by atoms with Gasteiger partial charge in [0.25, 0.3) is 0 Å². The lowest BCUT2D eigenvalue weighted by atomic mass is 10.3. The molecule has 0 fully saturated rings. The fourth-order valence-corrected chi connectivity index (χ4v) is 0.438. The summed E-state index contributed by atoms with van der Waals surface area (Å²) in [5.41, 5.74) is 0. The summed E-state index contributed by atoms with van der Waals surface area (Å²) in [7, 11) is 0. The maximum Gasteiger partial charge on any atom is 0.319 e. The Hall–Kier alpha value is -0.970. The quantitative estimate of drug-likeness (QED) is 0.421. The first-order valence-corrected chi connectivity index (χ1v) is 2.96. The summed E-state index contributed by atoms with van der Waals surface area (Å²) in [5.74, 6) is -0.306. The second-order valence-corrected chi connectivity index (χ2v) is 1.70. The number of hydrogen-bond donors (Lipinski definition) is 0. The maximum atomic E-state index is 10.4. The van der Waals surface area contributed by atoms with E-state index in [1.165, 1.54) is 0 Å². The molecule has 0 N–H and O–H groups in total. The van der Waals surface area contributed by atoms with E-state index < -0.39 is 0 Å². The molecule has 0 aliphatic rings. The van der Waals surface area contributed by atoms with Crippen LogP contribution in [-0.4, -0.2) is 5.97 Å². The second kappa shape index (κ2) is 5.17. The van der Waals surface area contributed by atoms with Crippen molar-refractivity contribution in [2.45, 2.75) is 26.2 Å². The minimum Gasteiger partial charge on any atom is -0.372 e. The first-order valence-electron chi connectivity index (χ1n) is 2.96. The van der Waals surface area contributed by atoms with Gasteiger partial charge < -0.3 is 4.74 Å². The Bertz CT molecular complexity index is 121. The maximum absolute atomic E-state index is 10.4. The first-order chi connectivity index (χ1) is 4.31. The average Bonchev–Trinajstić information content (AvgIpc) is 1.85. The van der Waals surface area contributed by atoms with E-state index in [2.05, 4.69) is 4.74 Å². The van der Waals surface area contributed by atoms with Crippen LogP contribution in [-0.2, 0) is 9.53 Å². The van der Waals surface area contributed by atoms with Gasteiger partial charge in [-0.3, -0.25) is 4.79 Å². The van der Waals surface area contributed by atoms with Crippen LogP contribution in [0.4, 0.5) is 0 Å². The summed E-state index contributed by atoms with van der Waals surface area (Å²) in [6.45, 7) is 2.00. The Morgan fingerprint density at radius 3 is 2.89 bits per heavy atom. The van der Waals surface area contributed by atoms with E-state index in [9.17, 15) is 4.79 Å². The van der Waals surface area contributed by atoms with Gasteiger partial charge in [0.2, 0.25) is 0 Å². The monoisotopic (exact) mass is 126 g/mol. The molecular weight excluding hydrogens is 116 g/mol. The average molecular weight is 126 g/mol. The lowest BCUT2D eigenvalue weighted by Gasteiger charge is -1.91. The number of hydrogen-bond acceptors (Lipinski definition) is 2. The van der Waals surface area contributed by atoms with Crippen LogP contribution in [0.1, 0.15) is 26.2 Å². The van der Waals surface area contributed by atoms with Crippen LogP contribution >= 0.6 is 0 Å². The molecule has 2 heteroatoms. The molecule has 0 aromatic rings. The van der Waals surface area contributed by atoms with Crippen molar-refractivity contribution < 1.29 is 9.53 Å². The van der Waals surface area contributed by atoms with Crippen molar-refractivity contribution in [3.63, 3.8) is 0 Å². The lowest BCUT2D eigenvalue weighted by molar-refractivity contribution is -0.136. The van der Waals surface area contributed by atoms with Gasteiger partial charge in [0, 0.05) is 6.42 Å². The van der Waals surface area contributed by atoms with Gasteiger partial charge in [-0.15, -0.1) is 0 Å². The standard InChI is InChI=1S/C7H10O2/c1-3-5-6-7(8)9-4-2/h2H,3,5-6H2,1H3. The SMILES string of the molecule is C#COC(=O)CCCC. The van der Waals surface area contributed by atoms with Gasteiger partial charge >= 0.3 is 5.97 Å². The van der Waals surface area contributed by atoms with Crippen LogP contribution in [0.2, 0.25) is 0 Å². The van der Waals surface area contributed by atoms with E-state index in [0.717, 1.165) is 12.8 Å². The molecule has 0 aliphatic carbocycles. The number of carbonyl (C=O) groups excluding carboxylic acids is 1. The van der Waals surface area contributed by atoms with Crippen molar-refractivity contribution in [3.8, 4) is 12.5 Å². The van der Waals surface area contributed by atoms with Crippen molar-refractivity contribution in [1.29, 1.82) is 0 Å². The Morgan fingerprint density at radius 2 is 2.44 bits per heavy atom. The zero-order chi connectivity index (χ0) is 7.11. The van der Waals surface area contributed by atoms with Crippen LogP contribution in [0.15, 0.2) is 0 Å². The number of ether oxygens (including phenoxy) is 1. The van der Waals surface area contributed by atoms with E-state index in [-0.39, 0.29) is 5.97 Å². The molecule has 0 bridgehead atoms. The van der Waals surface area contributed by atoms with Crippen LogP contribution < -0.4 is 0 Å². The second-order valence-electron chi connectivity index (χ2n) is 1.70. The molecular formula is C7H10O2. The summed E-state index contributed by atoms with van der Waals surface area (Å²) in [5, 5.41) is 0. The van der Waals surface area contributed by atoms with Gasteiger partial charge in [-0.05, 0) is 6.42 Å². The van der Waals surface area contributed by atoms with E-state index in [4.69, 9.17) is 6.42 Å². The van der Waals surface area contributed by atoms with Crippen LogP contribution in [0.25, 0.3) is 0 Å². The molecule has 0 saturated carbocycles. The largest absolute Gasteiger partial charge is 0.372 e. The van der Waals surface area contributed by atoms with Crippen molar-refractivity contribution >= 4 is 5.97 Å². The molecule has 0 radical (unpaired) electrons. The Kier molecular flexibility index (Phi) is 4.61. The summed E-state index contributed by atoms with van der Waals surface area (Å²) in [6.07, 6.45) is 8.80. The predicted molar refractivity (Wildman–Crippen MR) is 34.4 cm³/mol. The zero-order valence-corrected chi connectivity index (χ0v) is 5.52. The third-order valence-corrected chi connectivity index (χ3v) is 0.907. The van der Waals surface area contributed by atoms with Gasteiger partial charge in [-0.2, -0.15) is 0 Å². The molecule has 0 spiro atoms. The molecule has 2 nitrogen and oxygen atoms in total. The fourth-order valence-electron chi connectivity index (χ4n) is 0.438. The van der Waals surface area contributed by atoms with Crippen LogP contribution in [0.3, 0.4) is 0 Å². The molecule has 0 saturated heterocycles. The molecule has 9 heavy (non-hydrogen) atoms. The molecule has 0 rings (SSSR count). The third-order valence-electron chi connectivity index (χ3n) is 0.907. The molecule has 0 aromatic heterocycles. The Morgan fingerprint density at radius 1 is 1.78 bits per heavy atom. The number of rotatable bonds is 3. The Balaban J connectivity index is 3.19. The molecule has 0 amide bonds. The van der Waals surface area contributed by atoms with Crippen LogP contribution in [0, 0.1) is 12.5 Å². The Labute approximate surface area is 55.2 Å². The van der Waals surface area contributed by atoms with E-state index >= 15 is 0 Å². The van der Waals surface area contributed by atoms with Gasteiger partial charge in [0.05, 0.1) is 0 Å².